The maximum atomic E-state index is 6.74. The van der Waals surface area contributed by atoms with Gasteiger partial charge in [0, 0.05) is 10.0 Å². The number of benzene rings is 2. The molecule has 0 aliphatic rings. The first-order valence-corrected chi connectivity index (χ1v) is 10.0. The minimum absolute atomic E-state index is 0.00782. The number of halogens is 4. The van der Waals surface area contributed by atoms with E-state index in [1.54, 1.807) is 36.4 Å². The van der Waals surface area contributed by atoms with E-state index in [0.29, 0.717) is 32.9 Å². The molecule has 0 unspecified atom stereocenters. The Labute approximate surface area is 195 Å². The molecule has 4 aromatic rings. The van der Waals surface area contributed by atoms with Crippen LogP contribution in [0.2, 0.25) is 10.0 Å². The lowest BCUT2D eigenvalue weighted by atomic mass is 10.2. The number of aromatic nitrogens is 8. The van der Waals surface area contributed by atoms with Gasteiger partial charge in [-0.05, 0) is 57.3 Å². The Morgan fingerprint density at radius 3 is 1.55 bits per heavy atom. The molecular weight excluding hydrogens is 490 g/mol. The molecule has 2 heterocycles. The van der Waals surface area contributed by atoms with Crippen molar-refractivity contribution in [3.63, 3.8) is 0 Å². The zero-order chi connectivity index (χ0) is 22.2. The molecule has 31 heavy (non-hydrogen) atoms. The van der Waals surface area contributed by atoms with E-state index >= 15 is 0 Å². The summed E-state index contributed by atoms with van der Waals surface area (Å²) < 4.78 is 11.4. The number of rotatable bonds is 6. The highest BCUT2D eigenvalue weighted by molar-refractivity contribution is 6.49. The minimum Gasteiger partial charge on any atom is -0.494 e. The van der Waals surface area contributed by atoms with Crippen molar-refractivity contribution in [1.29, 1.82) is 0 Å². The molecule has 0 atom stereocenters. The maximum Gasteiger partial charge on any atom is 0.240 e. The number of ether oxygens (including phenoxy) is 2. The topological polar surface area (TPSA) is 106 Å². The average Bonchev–Trinajstić information content (AvgIpc) is 3.44. The quantitative estimate of drug-likeness (QED) is 0.368. The molecule has 2 aromatic heterocycles. The zero-order valence-corrected chi connectivity index (χ0v) is 18.9. The van der Waals surface area contributed by atoms with Crippen LogP contribution in [0, 0.1) is 0 Å². The Kier molecular flexibility index (Phi) is 5.89. The fraction of sp³-hybridized carbons (Fsp3) is 0.176. The largest absolute Gasteiger partial charge is 0.494 e. The molecule has 10 nitrogen and oxygen atoms in total. The van der Waals surface area contributed by atoms with E-state index in [1.807, 2.05) is 0 Å². The number of methoxy groups -OCH3 is 2. The van der Waals surface area contributed by atoms with Crippen molar-refractivity contribution < 1.29 is 9.47 Å². The lowest BCUT2D eigenvalue weighted by Gasteiger charge is -2.19. The molecule has 0 N–H and O–H groups in total. The summed E-state index contributed by atoms with van der Waals surface area (Å²) in [5.41, 5.74) is 0.833. The van der Waals surface area contributed by atoms with Crippen LogP contribution in [0.1, 0.15) is 11.6 Å². The Morgan fingerprint density at radius 1 is 0.742 bits per heavy atom. The molecule has 0 radical (unpaired) electrons. The zero-order valence-electron chi connectivity index (χ0n) is 15.9. The molecule has 160 valence electrons. The molecular formula is C17H12Cl4N8O2. The summed E-state index contributed by atoms with van der Waals surface area (Å²) in [7, 11) is 2.99. The highest BCUT2D eigenvalue weighted by atomic mass is 35.5. The predicted molar refractivity (Wildman–Crippen MR) is 114 cm³/mol. The van der Waals surface area contributed by atoms with Crippen molar-refractivity contribution in [1.82, 2.24) is 40.4 Å². The van der Waals surface area contributed by atoms with Crippen molar-refractivity contribution in [3.8, 4) is 22.9 Å². The molecule has 0 saturated heterocycles. The van der Waals surface area contributed by atoms with Gasteiger partial charge < -0.3 is 9.47 Å². The molecule has 0 aliphatic heterocycles. The molecule has 0 saturated carbocycles. The number of tetrazole rings is 2. The van der Waals surface area contributed by atoms with E-state index in [1.165, 1.54) is 23.6 Å². The van der Waals surface area contributed by atoms with Crippen LogP contribution >= 0.6 is 46.4 Å². The van der Waals surface area contributed by atoms with E-state index < -0.39 is 4.33 Å². The Hall–Kier alpha value is -2.66. The molecule has 2 aromatic carbocycles. The van der Waals surface area contributed by atoms with Gasteiger partial charge >= 0.3 is 0 Å². The number of alkyl halides is 2. The number of nitrogens with zero attached hydrogens (tertiary/aromatic N) is 8. The van der Waals surface area contributed by atoms with Crippen LogP contribution in [0.5, 0.6) is 11.5 Å². The molecule has 0 aliphatic carbocycles. The monoisotopic (exact) mass is 500 g/mol. The van der Waals surface area contributed by atoms with E-state index in [4.69, 9.17) is 55.9 Å². The van der Waals surface area contributed by atoms with Gasteiger partial charge in [-0.25, -0.2) is 0 Å². The van der Waals surface area contributed by atoms with Gasteiger partial charge in [-0.3, -0.25) is 0 Å². The fourth-order valence-corrected chi connectivity index (χ4v) is 3.65. The molecule has 4 rings (SSSR count). The van der Waals surface area contributed by atoms with Crippen molar-refractivity contribution in [2.45, 2.75) is 4.33 Å². The van der Waals surface area contributed by atoms with Crippen molar-refractivity contribution >= 4 is 46.4 Å². The maximum absolute atomic E-state index is 6.74. The van der Waals surface area contributed by atoms with Crippen molar-refractivity contribution in [2.75, 3.05) is 14.2 Å². The number of hydrogen-bond acceptors (Lipinski definition) is 8. The van der Waals surface area contributed by atoms with Gasteiger partial charge in [-0.1, -0.05) is 46.4 Å². The summed E-state index contributed by atoms with van der Waals surface area (Å²) in [6.07, 6.45) is 0. The van der Waals surface area contributed by atoms with Gasteiger partial charge in [0.2, 0.25) is 16.0 Å². The summed E-state index contributed by atoms with van der Waals surface area (Å²) in [4.78, 5) is 0. The number of hydrogen-bond donors (Lipinski definition) is 0. The molecule has 0 fully saturated rings. The summed E-state index contributed by atoms with van der Waals surface area (Å²) in [5.74, 6) is 0.901. The van der Waals surface area contributed by atoms with Crippen LogP contribution in [0.3, 0.4) is 0 Å². The van der Waals surface area contributed by atoms with Gasteiger partial charge in [-0.2, -0.15) is 9.36 Å². The lowest BCUT2D eigenvalue weighted by molar-refractivity contribution is 0.410. The van der Waals surface area contributed by atoms with Crippen LogP contribution < -0.4 is 9.47 Å². The minimum atomic E-state index is -1.90. The predicted octanol–water partition coefficient (Wildman–Crippen LogP) is 3.64. The van der Waals surface area contributed by atoms with Gasteiger partial charge in [0.05, 0.1) is 14.2 Å². The van der Waals surface area contributed by atoms with E-state index in [9.17, 15) is 0 Å². The standard InChI is InChI=1S/C17H12Cl4N8O2/c1-30-13-5-3-9(18)7-11(13)28-15(22-24-26-28)17(20,21)16-23-25-27-29(16)12-8-10(19)4-6-14(12)31-2/h3-8H,1-2H3. The normalized spacial score (nSPS) is 11.5. The Balaban J connectivity index is 1.88. The lowest BCUT2D eigenvalue weighted by Crippen LogP contribution is -2.24. The highest BCUT2D eigenvalue weighted by Gasteiger charge is 2.42. The summed E-state index contributed by atoms with van der Waals surface area (Å²) >= 11 is 25.8. The second-order valence-corrected chi connectivity index (χ2v) is 8.24. The Bertz CT molecular complexity index is 1150. The molecule has 0 bridgehead atoms. The van der Waals surface area contributed by atoms with E-state index in [0.717, 1.165) is 0 Å². The fourth-order valence-electron chi connectivity index (χ4n) is 2.85. The van der Waals surface area contributed by atoms with Gasteiger partial charge in [0.25, 0.3) is 0 Å². The molecule has 0 amide bonds. The van der Waals surface area contributed by atoms with E-state index in [2.05, 4.69) is 31.1 Å². The van der Waals surface area contributed by atoms with Crippen LogP contribution in [0.15, 0.2) is 36.4 Å². The molecule has 14 heteroatoms. The average molecular weight is 502 g/mol. The van der Waals surface area contributed by atoms with Crippen LogP contribution in [0.4, 0.5) is 0 Å². The smallest absolute Gasteiger partial charge is 0.240 e. The first-order chi connectivity index (χ1) is 14.9. The highest BCUT2D eigenvalue weighted by Crippen LogP contribution is 2.41. The third-order valence-electron chi connectivity index (χ3n) is 4.24. The van der Waals surface area contributed by atoms with Gasteiger partial charge in [-0.15, -0.1) is 10.2 Å². The SMILES string of the molecule is COc1ccc(Cl)cc1-n1nnnc1C(Cl)(Cl)c1nnnn1-c1cc(Cl)ccc1OC. The second-order valence-electron chi connectivity index (χ2n) is 6.04. The summed E-state index contributed by atoms with van der Waals surface area (Å²) in [6.45, 7) is 0. The van der Waals surface area contributed by atoms with Crippen molar-refractivity contribution in [3.05, 3.63) is 58.1 Å². The van der Waals surface area contributed by atoms with Crippen LogP contribution in [-0.4, -0.2) is 54.6 Å². The van der Waals surface area contributed by atoms with Crippen molar-refractivity contribution in [2.24, 2.45) is 0 Å². The molecule has 0 spiro atoms. The summed E-state index contributed by atoms with van der Waals surface area (Å²) in [6, 6.07) is 9.85. The third-order valence-corrected chi connectivity index (χ3v) is 5.39. The van der Waals surface area contributed by atoms with Gasteiger partial charge in [0.15, 0.2) is 0 Å². The third kappa shape index (κ3) is 3.87. The van der Waals surface area contributed by atoms with Crippen LogP contribution in [-0.2, 0) is 4.33 Å². The second kappa shape index (κ2) is 8.46. The van der Waals surface area contributed by atoms with Crippen LogP contribution in [0.25, 0.3) is 11.4 Å². The first-order valence-electron chi connectivity index (χ1n) is 8.50. The van der Waals surface area contributed by atoms with Gasteiger partial charge in [0.1, 0.15) is 22.9 Å². The summed E-state index contributed by atoms with van der Waals surface area (Å²) in [5, 5.41) is 24.2. The Morgan fingerprint density at radius 2 is 1.16 bits per heavy atom. The first kappa shape index (κ1) is 21.6. The van der Waals surface area contributed by atoms with E-state index in [-0.39, 0.29) is 11.6 Å².